The van der Waals surface area contributed by atoms with Crippen molar-refractivity contribution < 1.29 is 0 Å². The molecule has 4 heterocycles. The molecule has 4 N–H and O–H groups in total. The van der Waals surface area contributed by atoms with Crippen molar-refractivity contribution in [1.29, 1.82) is 0 Å². The van der Waals surface area contributed by atoms with Gasteiger partial charge in [-0.1, -0.05) is 0 Å². The fourth-order valence-corrected chi connectivity index (χ4v) is 4.42. The van der Waals surface area contributed by atoms with Gasteiger partial charge in [0.25, 0.3) is 0 Å². The second-order valence-corrected chi connectivity index (χ2v) is 8.35. The highest BCUT2D eigenvalue weighted by Crippen LogP contribution is 2.18. The molecular weight excluding hydrogens is 542 g/mol. The second kappa shape index (κ2) is 13.1. The van der Waals surface area contributed by atoms with Crippen molar-refractivity contribution in [3.8, 4) is 0 Å². The average molecular weight is 572 g/mol. The van der Waals surface area contributed by atoms with Crippen LogP contribution in [-0.4, -0.2) is 57.8 Å². The van der Waals surface area contributed by atoms with Gasteiger partial charge in [0.2, 0.25) is 0 Å². The van der Waals surface area contributed by atoms with E-state index in [0.29, 0.717) is 0 Å². The lowest BCUT2D eigenvalue weighted by atomic mass is 10.2. The zero-order valence-electron chi connectivity index (χ0n) is 19.5. The fraction of sp³-hybridized carbons (Fsp3) is 0.333. The molecule has 194 valence electrons. The van der Waals surface area contributed by atoms with Gasteiger partial charge in [-0.2, -0.15) is 0 Å². The largest absolute Gasteiger partial charge is 0.368 e. The number of benzene rings is 2. The predicted molar refractivity (Wildman–Crippen MR) is 157 cm³/mol. The van der Waals surface area contributed by atoms with Crippen LogP contribution in [0.5, 0.6) is 0 Å². The lowest BCUT2D eigenvalue weighted by molar-refractivity contribution is 0.698. The molecule has 0 saturated heterocycles. The van der Waals surface area contributed by atoms with Crippen molar-refractivity contribution in [2.75, 3.05) is 26.2 Å². The standard InChI is InChI=1S/C24H26N8.4ClH/c1(3-21-29-17-7-5-15(13-19(17)31-21)23-25-9-10-26-23)2-4-22-30-18-8-6-16(14-20(18)32-22)24-27-11-12-28-24;;;;/h5-8,13-14H,1-4,9-12H2,(H,25,26)(H,27,28)(H,29,31)(H,30,32);4*1H. The molecule has 12 heteroatoms. The zero-order chi connectivity index (χ0) is 21.3. The van der Waals surface area contributed by atoms with Gasteiger partial charge in [0.1, 0.15) is 23.3 Å². The molecule has 0 bridgehead atoms. The summed E-state index contributed by atoms with van der Waals surface area (Å²) in [4.78, 5) is 25.5. The van der Waals surface area contributed by atoms with Gasteiger partial charge in [-0.3, -0.25) is 9.98 Å². The van der Waals surface area contributed by atoms with Crippen LogP contribution >= 0.6 is 49.6 Å². The first kappa shape index (κ1) is 29.7. The number of hydrogen-bond acceptors (Lipinski definition) is 6. The number of rotatable bonds is 7. The number of unbranched alkanes of at least 4 members (excludes halogenated alkanes) is 1. The molecule has 0 atom stereocenters. The van der Waals surface area contributed by atoms with E-state index in [9.17, 15) is 0 Å². The first-order chi connectivity index (χ1) is 15.8. The number of hydrogen-bond donors (Lipinski definition) is 4. The molecule has 2 aliphatic rings. The first-order valence-electron chi connectivity index (χ1n) is 11.4. The minimum Gasteiger partial charge on any atom is -0.368 e. The molecule has 0 aliphatic carbocycles. The van der Waals surface area contributed by atoms with E-state index in [1.165, 1.54) is 0 Å². The lowest BCUT2D eigenvalue weighted by Crippen LogP contribution is -2.19. The Morgan fingerprint density at radius 3 is 1.44 bits per heavy atom. The maximum absolute atomic E-state index is 4.75. The molecular formula is C24H30Cl4N8. The van der Waals surface area contributed by atoms with Gasteiger partial charge in [0.15, 0.2) is 0 Å². The molecule has 6 rings (SSSR count). The smallest absolute Gasteiger partial charge is 0.128 e. The minimum atomic E-state index is 0. The molecule has 0 saturated carbocycles. The van der Waals surface area contributed by atoms with Gasteiger partial charge in [0.05, 0.1) is 35.2 Å². The zero-order valence-corrected chi connectivity index (χ0v) is 22.8. The van der Waals surface area contributed by atoms with Crippen LogP contribution in [0.1, 0.15) is 35.6 Å². The van der Waals surface area contributed by atoms with Crippen LogP contribution in [0.25, 0.3) is 22.1 Å². The van der Waals surface area contributed by atoms with Crippen molar-refractivity contribution in [2.45, 2.75) is 25.7 Å². The van der Waals surface area contributed by atoms with Gasteiger partial charge >= 0.3 is 0 Å². The Labute approximate surface area is 234 Å². The van der Waals surface area contributed by atoms with Crippen molar-refractivity contribution in [3.05, 3.63) is 59.2 Å². The number of aromatic amines is 2. The molecule has 2 aromatic carbocycles. The van der Waals surface area contributed by atoms with Crippen LogP contribution in [0.3, 0.4) is 0 Å². The number of fused-ring (bicyclic) bond motifs is 2. The summed E-state index contributed by atoms with van der Waals surface area (Å²) < 4.78 is 0. The molecule has 0 unspecified atom stereocenters. The monoisotopic (exact) mass is 570 g/mol. The van der Waals surface area contributed by atoms with E-state index < -0.39 is 0 Å². The van der Waals surface area contributed by atoms with Gasteiger partial charge in [-0.05, 0) is 49.2 Å². The number of aromatic nitrogens is 4. The summed E-state index contributed by atoms with van der Waals surface area (Å²) >= 11 is 0. The molecule has 8 nitrogen and oxygen atoms in total. The second-order valence-electron chi connectivity index (χ2n) is 8.35. The summed E-state index contributed by atoms with van der Waals surface area (Å²) in [6, 6.07) is 12.6. The van der Waals surface area contributed by atoms with Crippen molar-refractivity contribution in [2.24, 2.45) is 9.98 Å². The Morgan fingerprint density at radius 1 is 0.611 bits per heavy atom. The van der Waals surface area contributed by atoms with Gasteiger partial charge in [-0.25, -0.2) is 9.97 Å². The molecule has 2 aromatic heterocycles. The molecule has 4 aromatic rings. The third-order valence-corrected chi connectivity index (χ3v) is 6.03. The summed E-state index contributed by atoms with van der Waals surface area (Å²) in [7, 11) is 0. The molecule has 0 spiro atoms. The van der Waals surface area contributed by atoms with Crippen LogP contribution in [0.2, 0.25) is 0 Å². The average Bonchev–Trinajstić information content (AvgIpc) is 3.61. The number of halogens is 4. The molecule has 0 fully saturated rings. The van der Waals surface area contributed by atoms with Crippen LogP contribution in [0.4, 0.5) is 0 Å². The van der Waals surface area contributed by atoms with Gasteiger partial charge in [-0.15, -0.1) is 49.6 Å². The van der Waals surface area contributed by atoms with Crippen molar-refractivity contribution in [1.82, 2.24) is 30.6 Å². The summed E-state index contributed by atoms with van der Waals surface area (Å²) in [5.41, 5.74) is 6.41. The quantitative estimate of drug-likeness (QED) is 0.247. The summed E-state index contributed by atoms with van der Waals surface area (Å²) in [6.07, 6.45) is 3.98. The van der Waals surface area contributed by atoms with Crippen LogP contribution in [0.15, 0.2) is 46.4 Å². The normalized spacial score (nSPS) is 14.0. The van der Waals surface area contributed by atoms with Crippen molar-refractivity contribution >= 4 is 83.4 Å². The summed E-state index contributed by atoms with van der Waals surface area (Å²) in [6.45, 7) is 3.53. The van der Waals surface area contributed by atoms with Crippen molar-refractivity contribution in [3.63, 3.8) is 0 Å². The summed E-state index contributed by atoms with van der Waals surface area (Å²) in [5, 5.41) is 6.65. The maximum Gasteiger partial charge on any atom is 0.128 e. The van der Waals surface area contributed by atoms with E-state index in [4.69, 9.17) is 9.97 Å². The van der Waals surface area contributed by atoms with E-state index in [-0.39, 0.29) is 49.6 Å². The molecule has 2 aliphatic heterocycles. The SMILES string of the molecule is Cl.Cl.Cl.Cl.c1cc2nc(CCCCc3nc4ccc(C5=NCCN5)cc4[nH]3)[nH]c2cc1C1=NCCN1. The van der Waals surface area contributed by atoms with E-state index in [0.717, 1.165) is 108 Å². The highest BCUT2D eigenvalue weighted by Gasteiger charge is 2.12. The third kappa shape index (κ3) is 6.24. The number of nitrogens with one attached hydrogen (secondary N) is 4. The van der Waals surface area contributed by atoms with E-state index in [1.54, 1.807) is 0 Å². The lowest BCUT2D eigenvalue weighted by Gasteiger charge is -2.01. The highest BCUT2D eigenvalue weighted by atomic mass is 35.5. The van der Waals surface area contributed by atoms with Gasteiger partial charge in [0, 0.05) is 37.1 Å². The Balaban J connectivity index is 0.00000114. The van der Waals surface area contributed by atoms with E-state index in [2.05, 4.69) is 67.0 Å². The van der Waals surface area contributed by atoms with Crippen LogP contribution in [0, 0.1) is 0 Å². The Morgan fingerprint density at radius 2 is 1.06 bits per heavy atom. The Bertz CT molecular complexity index is 1260. The van der Waals surface area contributed by atoms with Crippen LogP contribution < -0.4 is 10.6 Å². The number of H-pyrrole nitrogens is 2. The van der Waals surface area contributed by atoms with E-state index >= 15 is 0 Å². The third-order valence-electron chi connectivity index (χ3n) is 6.03. The molecule has 0 amide bonds. The number of imidazole rings is 2. The Hall–Kier alpha value is -2.52. The molecule has 36 heavy (non-hydrogen) atoms. The van der Waals surface area contributed by atoms with E-state index in [1.807, 2.05) is 0 Å². The van der Waals surface area contributed by atoms with Crippen LogP contribution in [-0.2, 0) is 12.8 Å². The first-order valence-corrected chi connectivity index (χ1v) is 11.4. The number of amidine groups is 2. The fourth-order valence-electron chi connectivity index (χ4n) is 4.42. The number of aliphatic imine (C=N–C) groups is 2. The minimum absolute atomic E-state index is 0. The van der Waals surface area contributed by atoms with Gasteiger partial charge < -0.3 is 20.6 Å². The maximum atomic E-state index is 4.75. The number of nitrogens with zero attached hydrogens (tertiary/aromatic N) is 4. The topological polar surface area (TPSA) is 106 Å². The molecule has 0 radical (unpaired) electrons. The highest BCUT2D eigenvalue weighted by molar-refractivity contribution is 6.02. The Kier molecular flexibility index (Phi) is 10.8. The number of aryl methyl sites for hydroxylation is 2. The predicted octanol–water partition coefficient (Wildman–Crippen LogP) is 4.39. The summed E-state index contributed by atoms with van der Waals surface area (Å²) in [5.74, 6) is 4.04.